The third-order valence-corrected chi connectivity index (χ3v) is 5.81. The summed E-state index contributed by atoms with van der Waals surface area (Å²) in [6.07, 6.45) is 0.867. The Balaban J connectivity index is 1.62. The van der Waals surface area contributed by atoms with Crippen LogP contribution in [0.1, 0.15) is 12.5 Å². The van der Waals surface area contributed by atoms with Crippen molar-refractivity contribution in [3.05, 3.63) is 60.2 Å². The molecule has 33 heavy (non-hydrogen) atoms. The molecule has 1 heterocycles. The third kappa shape index (κ3) is 6.56. The number of methoxy groups -OCH3 is 2. The highest BCUT2D eigenvalue weighted by Gasteiger charge is 2.17. The molecule has 1 aromatic heterocycles. The van der Waals surface area contributed by atoms with E-state index in [1.165, 1.54) is 44.6 Å². The van der Waals surface area contributed by atoms with Gasteiger partial charge in [0.15, 0.2) is 12.4 Å². The molecular weight excluding hydrogens is 448 g/mol. The molecule has 0 fully saturated rings. The smallest absolute Gasteiger partial charge is 0.321 e. The number of carbonyl (C=O) groups is 1. The Morgan fingerprint density at radius 2 is 1.76 bits per heavy atom. The molecule has 11 heteroatoms. The van der Waals surface area contributed by atoms with Gasteiger partial charge in [-0.25, -0.2) is 8.42 Å². The lowest BCUT2D eigenvalue weighted by Gasteiger charge is -2.11. The standard InChI is InChI=1S/C22H24N4O6S/c1-4-15-6-5-7-17(12-15)32-14-20(27)23-16-8-10-18(11-9-16)33(28,29)26-19-13-21(30-2)25-22(24-19)31-3/h5-13H,4,14H2,1-3H3,(H,23,27)(H,24,25,26). The number of ether oxygens (including phenoxy) is 3. The lowest BCUT2D eigenvalue weighted by atomic mass is 10.2. The predicted octanol–water partition coefficient (Wildman–Crippen LogP) is 2.87. The fourth-order valence-electron chi connectivity index (χ4n) is 2.77. The Labute approximate surface area is 192 Å². The molecule has 0 unspecified atom stereocenters. The lowest BCUT2D eigenvalue weighted by molar-refractivity contribution is -0.118. The summed E-state index contributed by atoms with van der Waals surface area (Å²) in [5, 5.41) is 2.67. The monoisotopic (exact) mass is 472 g/mol. The van der Waals surface area contributed by atoms with E-state index in [2.05, 4.69) is 20.0 Å². The minimum absolute atomic E-state index is 0.0135. The van der Waals surface area contributed by atoms with Gasteiger partial charge in [0, 0.05) is 11.8 Å². The highest BCUT2D eigenvalue weighted by molar-refractivity contribution is 7.92. The number of hydrogen-bond acceptors (Lipinski definition) is 8. The van der Waals surface area contributed by atoms with Gasteiger partial charge >= 0.3 is 6.01 Å². The molecule has 10 nitrogen and oxygen atoms in total. The molecule has 1 amide bonds. The Morgan fingerprint density at radius 3 is 2.42 bits per heavy atom. The van der Waals surface area contributed by atoms with Crippen LogP contribution in [-0.4, -0.2) is 45.1 Å². The molecule has 0 radical (unpaired) electrons. The maximum atomic E-state index is 12.7. The zero-order chi connectivity index (χ0) is 23.8. The van der Waals surface area contributed by atoms with E-state index in [0.29, 0.717) is 11.4 Å². The first kappa shape index (κ1) is 23.8. The number of aromatic nitrogens is 2. The Morgan fingerprint density at radius 1 is 1.00 bits per heavy atom. The molecule has 0 bridgehead atoms. The first-order chi connectivity index (χ1) is 15.8. The number of anilines is 2. The van der Waals surface area contributed by atoms with Crippen LogP contribution in [0.2, 0.25) is 0 Å². The molecule has 3 rings (SSSR count). The van der Waals surface area contributed by atoms with Crippen molar-refractivity contribution < 1.29 is 27.4 Å². The fraction of sp³-hybridized carbons (Fsp3) is 0.227. The van der Waals surface area contributed by atoms with E-state index in [9.17, 15) is 13.2 Å². The highest BCUT2D eigenvalue weighted by Crippen LogP contribution is 2.21. The second kappa shape index (κ2) is 10.6. The van der Waals surface area contributed by atoms with Crippen LogP contribution in [-0.2, 0) is 21.2 Å². The maximum absolute atomic E-state index is 12.7. The average Bonchev–Trinajstić information content (AvgIpc) is 2.82. The minimum Gasteiger partial charge on any atom is -0.484 e. The van der Waals surface area contributed by atoms with Gasteiger partial charge in [-0.2, -0.15) is 9.97 Å². The van der Waals surface area contributed by atoms with Crippen LogP contribution >= 0.6 is 0 Å². The lowest BCUT2D eigenvalue weighted by Crippen LogP contribution is -2.20. The Kier molecular flexibility index (Phi) is 7.67. The van der Waals surface area contributed by atoms with Crippen molar-refractivity contribution >= 4 is 27.4 Å². The Bertz CT molecular complexity index is 1190. The van der Waals surface area contributed by atoms with Crippen molar-refractivity contribution in [3.63, 3.8) is 0 Å². The van der Waals surface area contributed by atoms with Crippen LogP contribution in [0.15, 0.2) is 59.5 Å². The molecule has 0 atom stereocenters. The molecule has 0 aliphatic rings. The van der Waals surface area contributed by atoms with Crippen LogP contribution in [0.3, 0.4) is 0 Å². The largest absolute Gasteiger partial charge is 0.484 e. The molecule has 0 aliphatic heterocycles. The van der Waals surface area contributed by atoms with Gasteiger partial charge < -0.3 is 19.5 Å². The van der Waals surface area contributed by atoms with E-state index in [1.807, 2.05) is 25.1 Å². The van der Waals surface area contributed by atoms with E-state index in [-0.39, 0.29) is 35.1 Å². The van der Waals surface area contributed by atoms with E-state index in [1.54, 1.807) is 6.07 Å². The second-order valence-electron chi connectivity index (χ2n) is 6.75. The first-order valence-electron chi connectivity index (χ1n) is 9.94. The maximum Gasteiger partial charge on any atom is 0.321 e. The number of nitrogens with one attached hydrogen (secondary N) is 2. The van der Waals surface area contributed by atoms with Crippen LogP contribution in [0.25, 0.3) is 0 Å². The molecule has 2 aromatic carbocycles. The Hall–Kier alpha value is -3.86. The summed E-state index contributed by atoms with van der Waals surface area (Å²) < 4.78 is 43.2. The molecule has 0 saturated carbocycles. The number of hydrogen-bond donors (Lipinski definition) is 2. The number of amides is 1. The normalized spacial score (nSPS) is 10.9. The molecule has 2 N–H and O–H groups in total. The quantitative estimate of drug-likeness (QED) is 0.461. The van der Waals surface area contributed by atoms with Gasteiger partial charge in [-0.3, -0.25) is 9.52 Å². The molecular formula is C22H24N4O6S. The molecule has 3 aromatic rings. The molecule has 0 spiro atoms. The number of rotatable bonds is 10. The van der Waals surface area contributed by atoms with Crippen molar-refractivity contribution in [3.8, 4) is 17.6 Å². The zero-order valence-electron chi connectivity index (χ0n) is 18.4. The zero-order valence-corrected chi connectivity index (χ0v) is 19.2. The van der Waals surface area contributed by atoms with Gasteiger partial charge in [-0.1, -0.05) is 19.1 Å². The van der Waals surface area contributed by atoms with E-state index in [0.717, 1.165) is 12.0 Å². The fourth-order valence-corrected chi connectivity index (χ4v) is 3.76. The summed E-state index contributed by atoms with van der Waals surface area (Å²) >= 11 is 0. The summed E-state index contributed by atoms with van der Waals surface area (Å²) in [5.41, 5.74) is 1.53. The number of sulfonamides is 1. The van der Waals surface area contributed by atoms with Gasteiger partial charge in [0.05, 0.1) is 19.1 Å². The summed E-state index contributed by atoms with van der Waals surface area (Å²) in [5.74, 6) is 0.363. The molecule has 0 aliphatic carbocycles. The highest BCUT2D eigenvalue weighted by atomic mass is 32.2. The van der Waals surface area contributed by atoms with Crippen molar-refractivity contribution in [2.24, 2.45) is 0 Å². The van der Waals surface area contributed by atoms with Gasteiger partial charge in [0.1, 0.15) is 5.75 Å². The van der Waals surface area contributed by atoms with Crippen LogP contribution in [0.4, 0.5) is 11.5 Å². The number of nitrogens with zero attached hydrogens (tertiary/aromatic N) is 2. The number of carbonyl (C=O) groups excluding carboxylic acids is 1. The number of benzene rings is 2. The average molecular weight is 473 g/mol. The number of aryl methyl sites for hydroxylation is 1. The van der Waals surface area contributed by atoms with E-state index < -0.39 is 10.0 Å². The SMILES string of the molecule is CCc1cccc(OCC(=O)Nc2ccc(S(=O)(=O)Nc3cc(OC)nc(OC)n3)cc2)c1. The van der Waals surface area contributed by atoms with Gasteiger partial charge in [-0.05, 0) is 48.4 Å². The topological polar surface area (TPSA) is 129 Å². The first-order valence-corrected chi connectivity index (χ1v) is 11.4. The summed E-state index contributed by atoms with van der Waals surface area (Å²) in [7, 11) is -1.21. The third-order valence-electron chi connectivity index (χ3n) is 4.44. The predicted molar refractivity (Wildman–Crippen MR) is 122 cm³/mol. The van der Waals surface area contributed by atoms with E-state index >= 15 is 0 Å². The summed E-state index contributed by atoms with van der Waals surface area (Å²) in [6.45, 7) is 1.86. The van der Waals surface area contributed by atoms with Gasteiger partial charge in [0.2, 0.25) is 5.88 Å². The summed E-state index contributed by atoms with van der Waals surface area (Å²) in [4.78, 5) is 20.0. The van der Waals surface area contributed by atoms with Crippen molar-refractivity contribution in [2.45, 2.75) is 18.2 Å². The second-order valence-corrected chi connectivity index (χ2v) is 8.43. The molecule has 174 valence electrons. The van der Waals surface area contributed by atoms with Crippen molar-refractivity contribution in [1.82, 2.24) is 9.97 Å². The van der Waals surface area contributed by atoms with Crippen LogP contribution < -0.4 is 24.2 Å². The minimum atomic E-state index is -3.95. The van der Waals surface area contributed by atoms with Gasteiger partial charge in [-0.15, -0.1) is 0 Å². The van der Waals surface area contributed by atoms with Crippen molar-refractivity contribution in [2.75, 3.05) is 30.9 Å². The van der Waals surface area contributed by atoms with Crippen LogP contribution in [0, 0.1) is 0 Å². The summed E-state index contributed by atoms with van der Waals surface area (Å²) in [6, 6.07) is 14.5. The van der Waals surface area contributed by atoms with Gasteiger partial charge in [0.25, 0.3) is 15.9 Å². The van der Waals surface area contributed by atoms with E-state index in [4.69, 9.17) is 14.2 Å². The van der Waals surface area contributed by atoms with Crippen LogP contribution in [0.5, 0.6) is 17.6 Å². The molecule has 0 saturated heterocycles. The van der Waals surface area contributed by atoms with Crippen molar-refractivity contribution in [1.29, 1.82) is 0 Å².